The van der Waals surface area contributed by atoms with Crippen LogP contribution in [0.4, 0.5) is 0 Å². The van der Waals surface area contributed by atoms with Gasteiger partial charge >= 0.3 is 17.9 Å². The molecular weight excluding hydrogens is 997 g/mol. The Morgan fingerprint density at radius 2 is 0.481 bits per heavy atom. The van der Waals surface area contributed by atoms with Gasteiger partial charge in [0.25, 0.3) is 0 Å². The van der Waals surface area contributed by atoms with Crippen LogP contribution >= 0.6 is 0 Å². The van der Waals surface area contributed by atoms with Gasteiger partial charge in [0.05, 0.1) is 0 Å². The average molecular weight is 1120 g/mol. The van der Waals surface area contributed by atoms with Crippen LogP contribution in [0.25, 0.3) is 0 Å². The molecule has 0 N–H and O–H groups in total. The third-order valence-electron chi connectivity index (χ3n) is 14.2. The van der Waals surface area contributed by atoms with Crippen LogP contribution in [0.1, 0.15) is 303 Å². The zero-order valence-corrected chi connectivity index (χ0v) is 52.8. The highest BCUT2D eigenvalue weighted by molar-refractivity contribution is 5.71. The monoisotopic (exact) mass is 1120 g/mol. The minimum absolute atomic E-state index is 0.0843. The SMILES string of the molecule is CC/C=C\C/C=C\C/C=C\C/C=C\C/C=C\C/C=C\CCCCCCCCCCCCC(=O)OCC(COC(=O)CCCCCCCCCCCCC)OC(=O)CCCCCCCCC/C=C\C/C=C\C/C=C\C/C=C\C/C=C\CC. The van der Waals surface area contributed by atoms with Gasteiger partial charge in [-0.1, -0.05) is 302 Å². The number of ether oxygens (including phenoxy) is 3. The Balaban J connectivity index is 4.30. The normalized spacial score (nSPS) is 13.0. The van der Waals surface area contributed by atoms with Crippen molar-refractivity contribution in [1.82, 2.24) is 0 Å². The predicted octanol–water partition coefficient (Wildman–Crippen LogP) is 23.3. The highest BCUT2D eigenvalue weighted by Gasteiger charge is 2.19. The second kappa shape index (κ2) is 68.1. The van der Waals surface area contributed by atoms with E-state index >= 15 is 0 Å². The lowest BCUT2D eigenvalue weighted by molar-refractivity contribution is -0.167. The van der Waals surface area contributed by atoms with Crippen molar-refractivity contribution in [3.05, 3.63) is 134 Å². The third-order valence-corrected chi connectivity index (χ3v) is 14.2. The summed E-state index contributed by atoms with van der Waals surface area (Å²) in [6.45, 7) is 6.41. The average Bonchev–Trinajstić information content (AvgIpc) is 3.47. The highest BCUT2D eigenvalue weighted by Crippen LogP contribution is 2.16. The van der Waals surface area contributed by atoms with Crippen molar-refractivity contribution in [2.75, 3.05) is 13.2 Å². The van der Waals surface area contributed by atoms with E-state index in [2.05, 4.69) is 154 Å². The highest BCUT2D eigenvalue weighted by atomic mass is 16.6. The summed E-state index contributed by atoms with van der Waals surface area (Å²) < 4.78 is 16.9. The molecule has 0 fully saturated rings. The van der Waals surface area contributed by atoms with Gasteiger partial charge in [0, 0.05) is 19.3 Å². The van der Waals surface area contributed by atoms with Gasteiger partial charge in [0.1, 0.15) is 13.2 Å². The van der Waals surface area contributed by atoms with Gasteiger partial charge in [-0.3, -0.25) is 14.4 Å². The zero-order chi connectivity index (χ0) is 58.5. The Kier molecular flexibility index (Phi) is 64.3. The van der Waals surface area contributed by atoms with Gasteiger partial charge < -0.3 is 14.2 Å². The van der Waals surface area contributed by atoms with E-state index in [9.17, 15) is 14.4 Å². The Hall–Kier alpha value is -4.45. The second-order valence-electron chi connectivity index (χ2n) is 22.0. The number of rotatable bonds is 60. The molecular formula is C75H124O6. The lowest BCUT2D eigenvalue weighted by Crippen LogP contribution is -2.30. The van der Waals surface area contributed by atoms with E-state index in [-0.39, 0.29) is 31.1 Å². The lowest BCUT2D eigenvalue weighted by atomic mass is 10.1. The van der Waals surface area contributed by atoms with Gasteiger partial charge in [0.15, 0.2) is 6.10 Å². The third kappa shape index (κ3) is 66.2. The maximum absolute atomic E-state index is 12.9. The molecule has 460 valence electrons. The summed E-state index contributed by atoms with van der Waals surface area (Å²) in [6, 6.07) is 0. The van der Waals surface area contributed by atoms with E-state index in [0.717, 1.165) is 135 Å². The fourth-order valence-electron chi connectivity index (χ4n) is 9.18. The van der Waals surface area contributed by atoms with Crippen molar-refractivity contribution in [2.24, 2.45) is 0 Å². The molecule has 0 saturated heterocycles. The van der Waals surface area contributed by atoms with Crippen molar-refractivity contribution in [3.63, 3.8) is 0 Å². The van der Waals surface area contributed by atoms with Crippen LogP contribution in [-0.2, 0) is 28.6 Å². The number of carbonyl (C=O) groups is 3. The fourth-order valence-corrected chi connectivity index (χ4v) is 9.18. The first-order valence-electron chi connectivity index (χ1n) is 33.7. The number of hydrogen-bond acceptors (Lipinski definition) is 6. The number of allylic oxidation sites excluding steroid dienone is 22. The largest absolute Gasteiger partial charge is 0.462 e. The minimum atomic E-state index is -0.789. The molecule has 6 nitrogen and oxygen atoms in total. The quantitative estimate of drug-likeness (QED) is 0.0261. The number of hydrogen-bond donors (Lipinski definition) is 0. The summed E-state index contributed by atoms with van der Waals surface area (Å²) in [6.07, 6.45) is 96.0. The Morgan fingerprint density at radius 3 is 0.753 bits per heavy atom. The predicted molar refractivity (Wildman–Crippen MR) is 353 cm³/mol. The molecule has 0 radical (unpaired) electrons. The van der Waals surface area contributed by atoms with E-state index in [1.54, 1.807) is 0 Å². The summed E-state index contributed by atoms with van der Waals surface area (Å²) in [5.41, 5.74) is 0. The molecule has 0 aliphatic carbocycles. The van der Waals surface area contributed by atoms with Gasteiger partial charge in [-0.25, -0.2) is 0 Å². The van der Waals surface area contributed by atoms with Crippen molar-refractivity contribution >= 4 is 17.9 Å². The summed E-state index contributed by atoms with van der Waals surface area (Å²) in [7, 11) is 0. The molecule has 0 rings (SSSR count). The first-order chi connectivity index (χ1) is 40.0. The van der Waals surface area contributed by atoms with Crippen LogP contribution in [0, 0.1) is 0 Å². The molecule has 0 spiro atoms. The van der Waals surface area contributed by atoms with Crippen molar-refractivity contribution in [3.8, 4) is 0 Å². The van der Waals surface area contributed by atoms with Crippen LogP contribution in [0.3, 0.4) is 0 Å². The first kappa shape index (κ1) is 76.5. The Bertz CT molecular complexity index is 1720. The van der Waals surface area contributed by atoms with Crippen LogP contribution in [0.5, 0.6) is 0 Å². The van der Waals surface area contributed by atoms with E-state index in [0.29, 0.717) is 19.3 Å². The van der Waals surface area contributed by atoms with Crippen LogP contribution < -0.4 is 0 Å². The van der Waals surface area contributed by atoms with Gasteiger partial charge in [-0.2, -0.15) is 0 Å². The van der Waals surface area contributed by atoms with E-state index in [4.69, 9.17) is 14.2 Å². The molecule has 0 amide bonds. The molecule has 0 heterocycles. The Labute approximate surface area is 500 Å². The molecule has 0 bridgehead atoms. The molecule has 0 aromatic carbocycles. The molecule has 0 aromatic heterocycles. The van der Waals surface area contributed by atoms with E-state index < -0.39 is 6.10 Å². The van der Waals surface area contributed by atoms with Gasteiger partial charge in [-0.15, -0.1) is 0 Å². The zero-order valence-electron chi connectivity index (χ0n) is 52.8. The molecule has 0 aliphatic rings. The van der Waals surface area contributed by atoms with Gasteiger partial charge in [-0.05, 0) is 116 Å². The van der Waals surface area contributed by atoms with Crippen molar-refractivity contribution in [1.29, 1.82) is 0 Å². The second-order valence-corrected chi connectivity index (χ2v) is 22.0. The van der Waals surface area contributed by atoms with Crippen LogP contribution in [0.15, 0.2) is 134 Å². The molecule has 0 aliphatic heterocycles. The van der Waals surface area contributed by atoms with Crippen LogP contribution in [0.2, 0.25) is 0 Å². The minimum Gasteiger partial charge on any atom is -0.462 e. The summed E-state index contributed by atoms with van der Waals surface area (Å²) in [5, 5.41) is 0. The molecule has 6 heteroatoms. The van der Waals surface area contributed by atoms with Crippen molar-refractivity contribution in [2.45, 2.75) is 309 Å². The molecule has 1 atom stereocenters. The smallest absolute Gasteiger partial charge is 0.306 e. The standard InChI is InChI=1S/C75H124O6/c1-4-7-10-13-16-19-22-24-26-28-30-32-34-35-36-37-38-39-41-42-44-46-48-50-53-56-59-62-65-68-74(77)80-71-72(70-79-73(76)67-64-61-58-55-52-21-18-15-12-9-6-3)81-75(78)69-66-63-60-57-54-51-49-47-45-43-40-33-31-29-27-25-23-20-17-14-11-8-5-2/h7-8,10-11,16-17,19-20,24-27,30-33,35-36,38-39,43,45,72H,4-6,9,12-15,18,21-23,28-29,34,37,40-42,44,46-71H2,1-3H3/b10-7-,11-8-,19-16-,20-17-,26-24-,27-25-,32-30-,33-31-,36-35-,39-38-,45-43-. The lowest BCUT2D eigenvalue weighted by Gasteiger charge is -2.18. The van der Waals surface area contributed by atoms with Crippen molar-refractivity contribution < 1.29 is 28.6 Å². The summed E-state index contributed by atoms with van der Waals surface area (Å²) in [4.78, 5) is 38.3. The molecule has 0 saturated carbocycles. The molecule has 1 unspecified atom stereocenters. The molecule has 0 aromatic rings. The van der Waals surface area contributed by atoms with E-state index in [1.807, 2.05) is 0 Å². The number of unbranched alkanes of at least 4 members (excludes halogenated alkanes) is 27. The first-order valence-corrected chi connectivity index (χ1v) is 33.7. The summed E-state index contributed by atoms with van der Waals surface area (Å²) >= 11 is 0. The maximum atomic E-state index is 12.9. The van der Waals surface area contributed by atoms with E-state index in [1.165, 1.54) is 128 Å². The fraction of sp³-hybridized carbons (Fsp3) is 0.667. The maximum Gasteiger partial charge on any atom is 0.306 e. The summed E-state index contributed by atoms with van der Waals surface area (Å²) in [5.74, 6) is -0.895. The van der Waals surface area contributed by atoms with Gasteiger partial charge in [0.2, 0.25) is 0 Å². The Morgan fingerprint density at radius 1 is 0.259 bits per heavy atom. The number of esters is 3. The molecule has 81 heavy (non-hydrogen) atoms. The topological polar surface area (TPSA) is 78.9 Å². The number of carbonyl (C=O) groups excluding carboxylic acids is 3. The van der Waals surface area contributed by atoms with Crippen LogP contribution in [-0.4, -0.2) is 37.2 Å².